The molecule has 2 aromatic rings. The van der Waals surface area contributed by atoms with Gasteiger partial charge in [-0.15, -0.1) is 0 Å². The summed E-state index contributed by atoms with van der Waals surface area (Å²) >= 11 is 0. The average Bonchev–Trinajstić information content (AvgIpc) is 2.73. The van der Waals surface area contributed by atoms with Crippen molar-refractivity contribution in [2.45, 2.75) is 26.0 Å². The summed E-state index contributed by atoms with van der Waals surface area (Å²) in [5, 5.41) is 3.02. The largest absolute Gasteiger partial charge is 0.481 e. The second-order valence-corrected chi connectivity index (χ2v) is 7.03. The van der Waals surface area contributed by atoms with Gasteiger partial charge in [-0.25, -0.2) is 0 Å². The van der Waals surface area contributed by atoms with Crippen LogP contribution in [-0.2, 0) is 4.79 Å². The first-order chi connectivity index (χ1) is 13.1. The number of para-hydroxylation sites is 2. The molecular formula is C22H29N3O2. The van der Waals surface area contributed by atoms with E-state index in [4.69, 9.17) is 4.74 Å². The highest BCUT2D eigenvalue weighted by atomic mass is 16.5. The highest BCUT2D eigenvalue weighted by molar-refractivity contribution is 5.80. The quantitative estimate of drug-likeness (QED) is 0.817. The fourth-order valence-corrected chi connectivity index (χ4v) is 3.34. The Morgan fingerprint density at radius 1 is 0.963 bits per heavy atom. The Kier molecular flexibility index (Phi) is 6.71. The minimum atomic E-state index is -0.505. The Bertz CT molecular complexity index is 700. The zero-order chi connectivity index (χ0) is 19.1. The van der Waals surface area contributed by atoms with Crippen molar-refractivity contribution in [2.24, 2.45) is 0 Å². The van der Waals surface area contributed by atoms with Crippen LogP contribution in [0.5, 0.6) is 5.75 Å². The number of nitrogens with zero attached hydrogens (tertiary/aromatic N) is 2. The maximum absolute atomic E-state index is 12.3. The highest BCUT2D eigenvalue weighted by Crippen LogP contribution is 2.16. The molecule has 27 heavy (non-hydrogen) atoms. The number of nitrogens with one attached hydrogen (secondary N) is 1. The molecule has 1 aliphatic heterocycles. The molecule has 2 atom stereocenters. The van der Waals surface area contributed by atoms with Crippen molar-refractivity contribution in [3.05, 3.63) is 60.7 Å². The lowest BCUT2D eigenvalue weighted by atomic mass is 10.2. The Hall–Kier alpha value is -2.53. The standard InChI is InChI=1S/C22H29N3O2/c1-18(17-23-22(26)19(2)27-21-11-7-4-8-12-21)24-13-15-25(16-14-24)20-9-5-3-6-10-20/h3-12,18-19H,13-17H2,1-2H3,(H,23,26)/t18-,19-/m0/s1. The molecule has 1 aliphatic rings. The number of piperazine rings is 1. The molecule has 0 saturated carbocycles. The van der Waals surface area contributed by atoms with E-state index < -0.39 is 6.10 Å². The third kappa shape index (κ3) is 5.47. The predicted molar refractivity (Wildman–Crippen MR) is 109 cm³/mol. The van der Waals surface area contributed by atoms with Gasteiger partial charge in [0.2, 0.25) is 0 Å². The fraction of sp³-hybridized carbons (Fsp3) is 0.409. The lowest BCUT2D eigenvalue weighted by Crippen LogP contribution is -2.53. The highest BCUT2D eigenvalue weighted by Gasteiger charge is 2.22. The molecule has 0 aromatic heterocycles. The zero-order valence-corrected chi connectivity index (χ0v) is 16.2. The van der Waals surface area contributed by atoms with Gasteiger partial charge in [0.25, 0.3) is 5.91 Å². The predicted octanol–water partition coefficient (Wildman–Crippen LogP) is 2.78. The van der Waals surface area contributed by atoms with Gasteiger partial charge in [0.15, 0.2) is 6.10 Å². The maximum Gasteiger partial charge on any atom is 0.260 e. The molecule has 5 heteroatoms. The molecule has 1 N–H and O–H groups in total. The van der Waals surface area contributed by atoms with E-state index in [1.165, 1.54) is 5.69 Å². The minimum absolute atomic E-state index is 0.0753. The van der Waals surface area contributed by atoms with Crippen molar-refractivity contribution < 1.29 is 9.53 Å². The molecule has 1 heterocycles. The number of carbonyl (C=O) groups is 1. The molecule has 0 spiro atoms. The van der Waals surface area contributed by atoms with Crippen LogP contribution in [0, 0.1) is 0 Å². The second-order valence-electron chi connectivity index (χ2n) is 7.03. The van der Waals surface area contributed by atoms with Crippen molar-refractivity contribution in [3.63, 3.8) is 0 Å². The Morgan fingerprint density at radius 2 is 1.56 bits per heavy atom. The van der Waals surface area contributed by atoms with Crippen molar-refractivity contribution in [2.75, 3.05) is 37.6 Å². The summed E-state index contributed by atoms with van der Waals surface area (Å²) in [6, 6.07) is 20.3. The Balaban J connectivity index is 1.40. The molecule has 2 aromatic carbocycles. The number of carbonyl (C=O) groups excluding carboxylic acids is 1. The van der Waals surface area contributed by atoms with E-state index in [1.54, 1.807) is 6.92 Å². The number of hydrogen-bond acceptors (Lipinski definition) is 4. The first-order valence-electron chi connectivity index (χ1n) is 9.67. The van der Waals surface area contributed by atoms with Crippen LogP contribution in [0.2, 0.25) is 0 Å². The monoisotopic (exact) mass is 367 g/mol. The fourth-order valence-electron chi connectivity index (χ4n) is 3.34. The molecule has 144 valence electrons. The van der Waals surface area contributed by atoms with Gasteiger partial charge < -0.3 is 15.0 Å². The zero-order valence-electron chi connectivity index (χ0n) is 16.2. The number of benzene rings is 2. The molecule has 5 nitrogen and oxygen atoms in total. The van der Waals surface area contributed by atoms with Crippen LogP contribution in [0.3, 0.4) is 0 Å². The van der Waals surface area contributed by atoms with Gasteiger partial charge in [0.1, 0.15) is 5.75 Å². The van der Waals surface area contributed by atoms with Crippen LogP contribution < -0.4 is 15.0 Å². The molecule has 1 amide bonds. The Labute approximate surface area is 161 Å². The normalized spacial score (nSPS) is 17.2. The van der Waals surface area contributed by atoms with Gasteiger partial charge in [-0.3, -0.25) is 9.69 Å². The summed E-state index contributed by atoms with van der Waals surface area (Å²) in [5.41, 5.74) is 1.28. The van der Waals surface area contributed by atoms with Crippen molar-refractivity contribution >= 4 is 11.6 Å². The summed E-state index contributed by atoms with van der Waals surface area (Å²) in [6.07, 6.45) is -0.505. The van der Waals surface area contributed by atoms with Gasteiger partial charge in [-0.1, -0.05) is 36.4 Å². The minimum Gasteiger partial charge on any atom is -0.481 e. The smallest absolute Gasteiger partial charge is 0.260 e. The van der Waals surface area contributed by atoms with E-state index in [-0.39, 0.29) is 5.91 Å². The summed E-state index contributed by atoms with van der Waals surface area (Å²) in [7, 11) is 0. The third-order valence-electron chi connectivity index (χ3n) is 5.06. The van der Waals surface area contributed by atoms with E-state index >= 15 is 0 Å². The molecule has 1 fully saturated rings. The number of rotatable bonds is 7. The van der Waals surface area contributed by atoms with Crippen LogP contribution in [0.15, 0.2) is 60.7 Å². The molecule has 0 bridgehead atoms. The molecule has 0 radical (unpaired) electrons. The van der Waals surface area contributed by atoms with Crippen molar-refractivity contribution in [3.8, 4) is 5.75 Å². The summed E-state index contributed by atoms with van der Waals surface area (Å²) < 4.78 is 5.68. The van der Waals surface area contributed by atoms with Gasteiger partial charge in [-0.2, -0.15) is 0 Å². The first-order valence-corrected chi connectivity index (χ1v) is 9.67. The topological polar surface area (TPSA) is 44.8 Å². The van der Waals surface area contributed by atoms with Gasteiger partial charge in [0.05, 0.1) is 0 Å². The van der Waals surface area contributed by atoms with E-state index in [1.807, 2.05) is 36.4 Å². The van der Waals surface area contributed by atoms with E-state index in [2.05, 4.69) is 46.3 Å². The molecule has 0 unspecified atom stereocenters. The van der Waals surface area contributed by atoms with Crippen LogP contribution >= 0.6 is 0 Å². The third-order valence-corrected chi connectivity index (χ3v) is 5.06. The van der Waals surface area contributed by atoms with E-state index in [0.29, 0.717) is 18.3 Å². The van der Waals surface area contributed by atoms with Gasteiger partial charge in [0, 0.05) is 44.5 Å². The number of anilines is 1. The Morgan fingerprint density at radius 3 is 2.19 bits per heavy atom. The van der Waals surface area contributed by atoms with Crippen molar-refractivity contribution in [1.82, 2.24) is 10.2 Å². The number of hydrogen-bond donors (Lipinski definition) is 1. The lowest BCUT2D eigenvalue weighted by molar-refractivity contribution is -0.127. The lowest BCUT2D eigenvalue weighted by Gasteiger charge is -2.39. The number of ether oxygens (including phenoxy) is 1. The first kappa shape index (κ1) is 19.2. The summed E-state index contributed by atoms with van der Waals surface area (Å²) in [4.78, 5) is 17.2. The van der Waals surface area contributed by atoms with Gasteiger partial charge >= 0.3 is 0 Å². The second kappa shape index (κ2) is 9.42. The molecular weight excluding hydrogens is 338 g/mol. The van der Waals surface area contributed by atoms with Crippen LogP contribution in [0.1, 0.15) is 13.8 Å². The van der Waals surface area contributed by atoms with Crippen LogP contribution in [0.25, 0.3) is 0 Å². The summed E-state index contributed by atoms with van der Waals surface area (Å²) in [6.45, 7) is 8.61. The summed E-state index contributed by atoms with van der Waals surface area (Å²) in [5.74, 6) is 0.638. The SMILES string of the molecule is C[C@H](Oc1ccccc1)C(=O)NC[C@H](C)N1CCN(c2ccccc2)CC1. The van der Waals surface area contributed by atoms with Crippen LogP contribution in [0.4, 0.5) is 5.69 Å². The maximum atomic E-state index is 12.3. The molecule has 3 rings (SSSR count). The average molecular weight is 367 g/mol. The van der Waals surface area contributed by atoms with Gasteiger partial charge in [-0.05, 0) is 38.1 Å². The number of amides is 1. The van der Waals surface area contributed by atoms with E-state index in [0.717, 1.165) is 26.2 Å². The van der Waals surface area contributed by atoms with E-state index in [9.17, 15) is 4.79 Å². The molecule has 1 saturated heterocycles. The molecule has 0 aliphatic carbocycles. The van der Waals surface area contributed by atoms with Crippen molar-refractivity contribution in [1.29, 1.82) is 0 Å². The van der Waals surface area contributed by atoms with Crippen LogP contribution in [-0.4, -0.2) is 55.7 Å².